The topological polar surface area (TPSA) is 48.5 Å². The van der Waals surface area contributed by atoms with Gasteiger partial charge < -0.3 is 9.13 Å². The van der Waals surface area contributed by atoms with Crippen molar-refractivity contribution in [1.82, 2.24) is 24.1 Å². The van der Waals surface area contributed by atoms with Crippen LogP contribution in [-0.2, 0) is 0 Å². The number of benzene rings is 8. The van der Waals surface area contributed by atoms with E-state index in [4.69, 9.17) is 15.0 Å². The van der Waals surface area contributed by atoms with Gasteiger partial charge in [-0.25, -0.2) is 15.0 Å². The molecule has 3 aromatic heterocycles. The third-order valence-electron chi connectivity index (χ3n) is 10.8. The highest BCUT2D eigenvalue weighted by Crippen LogP contribution is 2.41. The predicted molar refractivity (Wildman–Crippen MR) is 230 cm³/mol. The first kappa shape index (κ1) is 31.9. The van der Waals surface area contributed by atoms with Crippen molar-refractivity contribution in [2.24, 2.45) is 0 Å². The van der Waals surface area contributed by atoms with E-state index in [1.165, 1.54) is 43.7 Å². The van der Waals surface area contributed by atoms with Crippen LogP contribution in [0, 0.1) is 0 Å². The molecule has 0 aliphatic heterocycles. The number of rotatable bonds is 6. The summed E-state index contributed by atoms with van der Waals surface area (Å²) in [6, 6.07) is 70.5. The smallest absolute Gasteiger partial charge is 0.164 e. The van der Waals surface area contributed by atoms with Gasteiger partial charge in [0.25, 0.3) is 0 Å². The van der Waals surface area contributed by atoms with Crippen LogP contribution in [0.25, 0.3) is 100 Å². The van der Waals surface area contributed by atoms with E-state index in [0.29, 0.717) is 17.5 Å². The van der Waals surface area contributed by atoms with Crippen LogP contribution >= 0.6 is 0 Å². The molecule has 5 nitrogen and oxygen atoms in total. The van der Waals surface area contributed by atoms with E-state index in [1.54, 1.807) is 0 Å². The van der Waals surface area contributed by atoms with E-state index in [2.05, 4.69) is 149 Å². The molecule has 0 amide bonds. The van der Waals surface area contributed by atoms with Crippen molar-refractivity contribution < 1.29 is 0 Å². The first-order valence-electron chi connectivity index (χ1n) is 18.9. The third kappa shape index (κ3) is 5.29. The zero-order chi connectivity index (χ0) is 37.0. The molecular weight excluding hydrogens is 683 g/mol. The van der Waals surface area contributed by atoms with Gasteiger partial charge in [-0.3, -0.25) is 0 Å². The SMILES string of the molecule is c1ccc(-c2ccc3c(c2)c2cc4c5ccccc5n(-c5ccccc5)c4cc2n3-c2ccc(-c3nc(-c4ccccc4)nc(-c4ccccc4)n3)cc2)cc1. The quantitative estimate of drug-likeness (QED) is 0.172. The fraction of sp³-hybridized carbons (Fsp3) is 0. The first-order valence-corrected chi connectivity index (χ1v) is 18.9. The summed E-state index contributed by atoms with van der Waals surface area (Å²) < 4.78 is 4.79. The van der Waals surface area contributed by atoms with E-state index in [1.807, 2.05) is 60.7 Å². The zero-order valence-electron chi connectivity index (χ0n) is 30.3. The first-order chi connectivity index (χ1) is 27.8. The van der Waals surface area contributed by atoms with Gasteiger partial charge in [0.2, 0.25) is 0 Å². The fourth-order valence-electron chi connectivity index (χ4n) is 8.12. The number of aromatic nitrogens is 5. The Kier molecular flexibility index (Phi) is 7.42. The summed E-state index contributed by atoms with van der Waals surface area (Å²) >= 11 is 0. The number of para-hydroxylation sites is 2. The standard InChI is InChI=1S/C51H33N5/c1-5-15-34(16-6-1)38-27-30-46-42(31-38)44-32-43-41-23-13-14-24-45(41)55(39-21-11-4-12-22-39)47(43)33-48(44)56(46)40-28-25-37(26-29-40)51-53-49(35-17-7-2-8-18-35)52-50(54-51)36-19-9-3-10-20-36/h1-33H. The molecule has 8 aromatic carbocycles. The van der Waals surface area contributed by atoms with Crippen molar-refractivity contribution in [3.8, 4) is 56.7 Å². The van der Waals surface area contributed by atoms with Gasteiger partial charge in [-0.15, -0.1) is 0 Å². The molecule has 0 saturated heterocycles. The highest BCUT2D eigenvalue weighted by Gasteiger charge is 2.20. The number of fused-ring (bicyclic) bond motifs is 6. The van der Waals surface area contributed by atoms with Crippen molar-refractivity contribution in [2.45, 2.75) is 0 Å². The number of nitrogens with zero attached hydrogens (tertiary/aromatic N) is 5. The van der Waals surface area contributed by atoms with Gasteiger partial charge in [-0.1, -0.05) is 133 Å². The minimum atomic E-state index is 0.632. The van der Waals surface area contributed by atoms with Gasteiger partial charge in [0.15, 0.2) is 17.5 Å². The summed E-state index contributed by atoms with van der Waals surface area (Å²) in [5, 5.41) is 4.89. The second kappa shape index (κ2) is 13.0. The second-order valence-electron chi connectivity index (χ2n) is 14.1. The minimum Gasteiger partial charge on any atom is -0.309 e. The van der Waals surface area contributed by atoms with Crippen molar-refractivity contribution >= 4 is 43.6 Å². The lowest BCUT2D eigenvalue weighted by molar-refractivity contribution is 1.07. The largest absolute Gasteiger partial charge is 0.309 e. The average Bonchev–Trinajstić information content (AvgIpc) is 3.78. The lowest BCUT2D eigenvalue weighted by atomic mass is 10.0. The molecule has 11 aromatic rings. The zero-order valence-corrected chi connectivity index (χ0v) is 30.3. The molecule has 0 N–H and O–H groups in total. The Hall–Kier alpha value is -7.63. The Morgan fingerprint density at radius 3 is 1.25 bits per heavy atom. The molecule has 0 unspecified atom stereocenters. The van der Waals surface area contributed by atoms with Crippen LogP contribution in [0.3, 0.4) is 0 Å². The van der Waals surface area contributed by atoms with E-state index in [-0.39, 0.29) is 0 Å². The molecule has 56 heavy (non-hydrogen) atoms. The average molecular weight is 716 g/mol. The number of hydrogen-bond donors (Lipinski definition) is 0. The highest BCUT2D eigenvalue weighted by atomic mass is 15.0. The van der Waals surface area contributed by atoms with Crippen LogP contribution in [0.1, 0.15) is 0 Å². The summed E-state index contributed by atoms with van der Waals surface area (Å²) in [5.74, 6) is 1.93. The summed E-state index contributed by atoms with van der Waals surface area (Å²) in [6.45, 7) is 0. The highest BCUT2D eigenvalue weighted by molar-refractivity contribution is 6.19. The Balaban J connectivity index is 1.13. The summed E-state index contributed by atoms with van der Waals surface area (Å²) in [4.78, 5) is 14.9. The van der Waals surface area contributed by atoms with Gasteiger partial charge in [0, 0.05) is 49.6 Å². The van der Waals surface area contributed by atoms with E-state index in [9.17, 15) is 0 Å². The maximum absolute atomic E-state index is 4.99. The minimum absolute atomic E-state index is 0.632. The Morgan fingerprint density at radius 2 is 0.661 bits per heavy atom. The van der Waals surface area contributed by atoms with Gasteiger partial charge in [-0.05, 0) is 77.9 Å². The van der Waals surface area contributed by atoms with E-state index in [0.717, 1.165) is 39.1 Å². The molecule has 0 aliphatic rings. The van der Waals surface area contributed by atoms with Crippen LogP contribution in [0.4, 0.5) is 0 Å². The van der Waals surface area contributed by atoms with E-state index < -0.39 is 0 Å². The van der Waals surface area contributed by atoms with Gasteiger partial charge in [-0.2, -0.15) is 0 Å². The molecule has 0 fully saturated rings. The van der Waals surface area contributed by atoms with Gasteiger partial charge in [0.1, 0.15) is 0 Å². The molecule has 262 valence electrons. The molecule has 0 saturated carbocycles. The molecule has 0 radical (unpaired) electrons. The summed E-state index contributed by atoms with van der Waals surface area (Å²) in [7, 11) is 0. The molecule has 0 aliphatic carbocycles. The van der Waals surface area contributed by atoms with Crippen LogP contribution in [0.15, 0.2) is 200 Å². The van der Waals surface area contributed by atoms with Gasteiger partial charge >= 0.3 is 0 Å². The maximum Gasteiger partial charge on any atom is 0.164 e. The fourth-order valence-corrected chi connectivity index (χ4v) is 8.12. The summed E-state index contributed by atoms with van der Waals surface area (Å²) in [5.41, 5.74) is 12.0. The molecule has 11 rings (SSSR count). The molecule has 0 spiro atoms. The predicted octanol–water partition coefficient (Wildman–Crippen LogP) is 12.7. The summed E-state index contributed by atoms with van der Waals surface area (Å²) in [6.07, 6.45) is 0. The second-order valence-corrected chi connectivity index (χ2v) is 14.1. The Labute approximate surface area is 323 Å². The van der Waals surface area contributed by atoms with E-state index >= 15 is 0 Å². The van der Waals surface area contributed by atoms with Crippen molar-refractivity contribution in [2.75, 3.05) is 0 Å². The molecule has 0 atom stereocenters. The normalized spacial score (nSPS) is 11.6. The lowest BCUT2D eigenvalue weighted by Crippen LogP contribution is -2.00. The van der Waals surface area contributed by atoms with Crippen LogP contribution in [0.2, 0.25) is 0 Å². The van der Waals surface area contributed by atoms with Crippen LogP contribution in [0.5, 0.6) is 0 Å². The van der Waals surface area contributed by atoms with Crippen molar-refractivity contribution in [1.29, 1.82) is 0 Å². The molecule has 3 heterocycles. The van der Waals surface area contributed by atoms with Crippen molar-refractivity contribution in [3.63, 3.8) is 0 Å². The molecule has 5 heteroatoms. The van der Waals surface area contributed by atoms with Crippen molar-refractivity contribution in [3.05, 3.63) is 200 Å². The molecular formula is C51H33N5. The lowest BCUT2D eigenvalue weighted by Gasteiger charge is -2.12. The van der Waals surface area contributed by atoms with Crippen LogP contribution in [-0.4, -0.2) is 24.1 Å². The van der Waals surface area contributed by atoms with Gasteiger partial charge in [0.05, 0.1) is 22.1 Å². The monoisotopic (exact) mass is 715 g/mol. The Bertz CT molecular complexity index is 3150. The number of hydrogen-bond acceptors (Lipinski definition) is 3. The maximum atomic E-state index is 4.99. The Morgan fingerprint density at radius 1 is 0.250 bits per heavy atom. The third-order valence-corrected chi connectivity index (χ3v) is 10.8. The molecule has 0 bridgehead atoms. The van der Waals surface area contributed by atoms with Crippen LogP contribution < -0.4 is 0 Å².